The van der Waals surface area contributed by atoms with E-state index in [1.165, 1.54) is 6.07 Å². The molecule has 4 nitrogen and oxygen atoms in total. The van der Waals surface area contributed by atoms with E-state index in [-0.39, 0.29) is 5.69 Å². The van der Waals surface area contributed by atoms with Crippen molar-refractivity contribution >= 4 is 17.4 Å². The van der Waals surface area contributed by atoms with Gasteiger partial charge in [0.05, 0.1) is 11.3 Å². The van der Waals surface area contributed by atoms with Crippen LogP contribution in [0.5, 0.6) is 0 Å². The Labute approximate surface area is 117 Å². The summed E-state index contributed by atoms with van der Waals surface area (Å²) in [7, 11) is 0. The molecule has 0 atom stereocenters. The zero-order chi connectivity index (χ0) is 14.5. The Bertz CT molecular complexity index is 628. The van der Waals surface area contributed by atoms with Crippen molar-refractivity contribution in [3.8, 4) is 0 Å². The summed E-state index contributed by atoms with van der Waals surface area (Å²) in [5, 5.41) is 5.56. The average Bonchev–Trinajstić information content (AvgIpc) is 2.43. The maximum absolute atomic E-state index is 13.7. The highest BCUT2D eigenvalue weighted by molar-refractivity contribution is 6.07. The first kappa shape index (κ1) is 14.0. The molecule has 2 N–H and O–H groups in total. The van der Waals surface area contributed by atoms with Crippen LogP contribution in [0, 0.1) is 12.7 Å². The molecule has 0 unspecified atom stereocenters. The van der Waals surface area contributed by atoms with Gasteiger partial charge in [-0.1, -0.05) is 6.07 Å². The molecule has 20 heavy (non-hydrogen) atoms. The third-order valence-corrected chi connectivity index (χ3v) is 2.77. The second-order valence-corrected chi connectivity index (χ2v) is 4.37. The van der Waals surface area contributed by atoms with E-state index in [1.807, 2.05) is 6.92 Å². The van der Waals surface area contributed by atoms with E-state index in [0.717, 1.165) is 5.56 Å². The van der Waals surface area contributed by atoms with Crippen molar-refractivity contribution in [2.24, 2.45) is 0 Å². The number of anilines is 2. The monoisotopic (exact) mass is 273 g/mol. The van der Waals surface area contributed by atoms with Gasteiger partial charge in [0.25, 0.3) is 5.91 Å². The van der Waals surface area contributed by atoms with E-state index in [1.54, 1.807) is 37.4 Å². The second kappa shape index (κ2) is 6.14. The van der Waals surface area contributed by atoms with Crippen molar-refractivity contribution in [1.29, 1.82) is 0 Å². The minimum atomic E-state index is -0.452. The van der Waals surface area contributed by atoms with Crippen molar-refractivity contribution in [3.63, 3.8) is 0 Å². The van der Waals surface area contributed by atoms with Crippen LogP contribution in [0.1, 0.15) is 22.8 Å². The Morgan fingerprint density at radius 2 is 2.15 bits per heavy atom. The van der Waals surface area contributed by atoms with E-state index in [2.05, 4.69) is 15.6 Å². The van der Waals surface area contributed by atoms with Crippen LogP contribution >= 0.6 is 0 Å². The fraction of sp³-hybridized carbons (Fsp3) is 0.200. The van der Waals surface area contributed by atoms with E-state index in [9.17, 15) is 9.18 Å². The molecule has 104 valence electrons. The van der Waals surface area contributed by atoms with E-state index in [4.69, 9.17) is 0 Å². The molecule has 1 amide bonds. The summed E-state index contributed by atoms with van der Waals surface area (Å²) in [6.07, 6.45) is 1.60. The van der Waals surface area contributed by atoms with Crippen molar-refractivity contribution < 1.29 is 9.18 Å². The Morgan fingerprint density at radius 3 is 2.85 bits per heavy atom. The standard InChI is InChI=1S/C15H16FN3O/c1-3-17-14-11(5-4-8-18-14)15(20)19-13-7-6-10(2)9-12(13)16/h4-9H,3H2,1-2H3,(H,17,18)(H,19,20). The van der Waals surface area contributed by atoms with Crippen LogP contribution in [-0.4, -0.2) is 17.4 Å². The summed E-state index contributed by atoms with van der Waals surface area (Å²) < 4.78 is 13.7. The van der Waals surface area contributed by atoms with E-state index in [0.29, 0.717) is 17.9 Å². The number of halogens is 1. The molecule has 0 aliphatic heterocycles. The zero-order valence-electron chi connectivity index (χ0n) is 11.4. The summed E-state index contributed by atoms with van der Waals surface area (Å²) in [6, 6.07) is 7.98. The minimum Gasteiger partial charge on any atom is -0.370 e. The zero-order valence-corrected chi connectivity index (χ0v) is 11.4. The Hall–Kier alpha value is -2.43. The van der Waals surface area contributed by atoms with Crippen molar-refractivity contribution in [1.82, 2.24) is 4.98 Å². The van der Waals surface area contributed by atoms with Crippen molar-refractivity contribution in [2.45, 2.75) is 13.8 Å². The summed E-state index contributed by atoms with van der Waals surface area (Å²) in [6.45, 7) is 4.35. The Balaban J connectivity index is 2.24. The molecule has 0 saturated carbocycles. The van der Waals surface area contributed by atoms with Gasteiger partial charge in [0, 0.05) is 12.7 Å². The molecule has 0 bridgehead atoms. The number of nitrogens with zero attached hydrogens (tertiary/aromatic N) is 1. The predicted molar refractivity (Wildman–Crippen MR) is 77.5 cm³/mol. The fourth-order valence-electron chi connectivity index (χ4n) is 1.81. The lowest BCUT2D eigenvalue weighted by Gasteiger charge is -2.10. The van der Waals surface area contributed by atoms with Gasteiger partial charge in [-0.05, 0) is 43.7 Å². The molecule has 2 rings (SSSR count). The van der Waals surface area contributed by atoms with Crippen LogP contribution in [-0.2, 0) is 0 Å². The summed E-state index contributed by atoms with van der Waals surface area (Å²) in [5.74, 6) is -0.357. The molecule has 0 saturated heterocycles. The van der Waals surface area contributed by atoms with Gasteiger partial charge in [-0.25, -0.2) is 9.37 Å². The third-order valence-electron chi connectivity index (χ3n) is 2.77. The first-order chi connectivity index (χ1) is 9.61. The van der Waals surface area contributed by atoms with Gasteiger partial charge in [0.1, 0.15) is 11.6 Å². The number of aromatic nitrogens is 1. The normalized spacial score (nSPS) is 10.2. The number of hydrogen-bond donors (Lipinski definition) is 2. The van der Waals surface area contributed by atoms with Crippen LogP contribution in [0.4, 0.5) is 15.9 Å². The van der Waals surface area contributed by atoms with Gasteiger partial charge in [-0.15, -0.1) is 0 Å². The Morgan fingerprint density at radius 1 is 1.35 bits per heavy atom. The molecule has 1 heterocycles. The molecular formula is C15H16FN3O. The number of amides is 1. The quantitative estimate of drug-likeness (QED) is 0.899. The lowest BCUT2D eigenvalue weighted by molar-refractivity contribution is 0.102. The van der Waals surface area contributed by atoms with E-state index >= 15 is 0 Å². The lowest BCUT2D eigenvalue weighted by Crippen LogP contribution is -2.16. The summed E-state index contributed by atoms with van der Waals surface area (Å²) in [5.41, 5.74) is 1.34. The number of nitrogens with one attached hydrogen (secondary N) is 2. The number of carbonyl (C=O) groups is 1. The smallest absolute Gasteiger partial charge is 0.259 e. The summed E-state index contributed by atoms with van der Waals surface area (Å²) >= 11 is 0. The Kier molecular flexibility index (Phi) is 4.30. The molecule has 0 fully saturated rings. The molecule has 0 radical (unpaired) electrons. The maximum Gasteiger partial charge on any atom is 0.259 e. The number of carbonyl (C=O) groups excluding carboxylic acids is 1. The highest BCUT2D eigenvalue weighted by Crippen LogP contribution is 2.18. The highest BCUT2D eigenvalue weighted by Gasteiger charge is 2.13. The van der Waals surface area contributed by atoms with Crippen LogP contribution in [0.25, 0.3) is 0 Å². The highest BCUT2D eigenvalue weighted by atomic mass is 19.1. The number of pyridine rings is 1. The first-order valence-electron chi connectivity index (χ1n) is 6.38. The minimum absolute atomic E-state index is 0.159. The van der Waals surface area contributed by atoms with Gasteiger partial charge in [0.15, 0.2) is 0 Å². The fourth-order valence-corrected chi connectivity index (χ4v) is 1.81. The van der Waals surface area contributed by atoms with Crippen molar-refractivity contribution in [2.75, 3.05) is 17.2 Å². The molecule has 0 aliphatic rings. The van der Waals surface area contributed by atoms with Crippen LogP contribution < -0.4 is 10.6 Å². The van der Waals surface area contributed by atoms with Gasteiger partial charge in [-0.2, -0.15) is 0 Å². The SMILES string of the molecule is CCNc1ncccc1C(=O)Nc1ccc(C)cc1F. The third kappa shape index (κ3) is 3.12. The average molecular weight is 273 g/mol. The molecule has 0 aliphatic carbocycles. The molecule has 5 heteroatoms. The first-order valence-corrected chi connectivity index (χ1v) is 6.38. The number of benzene rings is 1. The largest absolute Gasteiger partial charge is 0.370 e. The molecule has 1 aromatic carbocycles. The van der Waals surface area contributed by atoms with Crippen LogP contribution in [0.3, 0.4) is 0 Å². The maximum atomic E-state index is 13.7. The topological polar surface area (TPSA) is 54.0 Å². The summed E-state index contributed by atoms with van der Waals surface area (Å²) in [4.78, 5) is 16.3. The lowest BCUT2D eigenvalue weighted by atomic mass is 10.2. The van der Waals surface area contributed by atoms with Gasteiger partial charge < -0.3 is 10.6 Å². The number of hydrogen-bond acceptors (Lipinski definition) is 3. The predicted octanol–water partition coefficient (Wildman–Crippen LogP) is 3.21. The molecule has 2 aromatic rings. The molecular weight excluding hydrogens is 257 g/mol. The van der Waals surface area contributed by atoms with E-state index < -0.39 is 11.7 Å². The number of rotatable bonds is 4. The number of aryl methyl sites for hydroxylation is 1. The van der Waals surface area contributed by atoms with Crippen molar-refractivity contribution in [3.05, 3.63) is 53.5 Å². The van der Waals surface area contributed by atoms with Gasteiger partial charge in [-0.3, -0.25) is 4.79 Å². The van der Waals surface area contributed by atoms with Gasteiger partial charge in [0.2, 0.25) is 0 Å². The molecule has 1 aromatic heterocycles. The van der Waals surface area contributed by atoms with Gasteiger partial charge >= 0.3 is 0 Å². The van der Waals surface area contributed by atoms with Crippen LogP contribution in [0.15, 0.2) is 36.5 Å². The second-order valence-electron chi connectivity index (χ2n) is 4.37. The molecule has 0 spiro atoms. The van der Waals surface area contributed by atoms with Crippen LogP contribution in [0.2, 0.25) is 0 Å².